The van der Waals surface area contributed by atoms with E-state index in [2.05, 4.69) is 6.58 Å². The zero-order chi connectivity index (χ0) is 13.9. The minimum Gasteiger partial charge on any atom is -0.457 e. The van der Waals surface area contributed by atoms with Crippen molar-refractivity contribution in [3.8, 4) is 0 Å². The Hall–Kier alpha value is -1.20. The van der Waals surface area contributed by atoms with Gasteiger partial charge in [0.1, 0.15) is 12.4 Å². The van der Waals surface area contributed by atoms with E-state index in [0.29, 0.717) is 13.0 Å². The Morgan fingerprint density at radius 1 is 1.58 bits per heavy atom. The predicted molar refractivity (Wildman–Crippen MR) is 67.4 cm³/mol. The van der Waals surface area contributed by atoms with Gasteiger partial charge in [0.15, 0.2) is 0 Å². The molecule has 19 heavy (non-hydrogen) atoms. The Kier molecular flexibility index (Phi) is 4.37. The van der Waals surface area contributed by atoms with Gasteiger partial charge in [-0.25, -0.2) is 4.79 Å². The zero-order valence-corrected chi connectivity index (χ0v) is 11.2. The van der Waals surface area contributed by atoms with Gasteiger partial charge in [0.05, 0.1) is 18.6 Å². The summed E-state index contributed by atoms with van der Waals surface area (Å²) < 4.78 is 16.6. The lowest BCUT2D eigenvalue weighted by Gasteiger charge is -2.36. The summed E-state index contributed by atoms with van der Waals surface area (Å²) in [4.78, 5) is 23.3. The molecule has 5 heteroatoms. The van der Waals surface area contributed by atoms with Crippen LogP contribution in [0, 0.1) is 5.92 Å². The maximum atomic E-state index is 12.1. The molecule has 0 bridgehead atoms. The largest absolute Gasteiger partial charge is 0.457 e. The third-order valence-corrected chi connectivity index (χ3v) is 3.63. The first kappa shape index (κ1) is 14.2. The van der Waals surface area contributed by atoms with Crippen LogP contribution in [0.3, 0.4) is 0 Å². The van der Waals surface area contributed by atoms with Crippen LogP contribution in [0.1, 0.15) is 32.6 Å². The predicted octanol–water partition coefficient (Wildman–Crippen LogP) is 1.61. The first-order valence-corrected chi connectivity index (χ1v) is 6.71. The molecule has 5 nitrogen and oxygen atoms in total. The van der Waals surface area contributed by atoms with Gasteiger partial charge in [0.25, 0.3) is 0 Å². The highest BCUT2D eigenvalue weighted by atomic mass is 16.8. The van der Waals surface area contributed by atoms with Crippen LogP contribution < -0.4 is 0 Å². The number of carbonyl (C=O) groups is 2. The average Bonchev–Trinajstić information content (AvgIpc) is 2.79. The molecule has 2 rings (SSSR count). The smallest absolute Gasteiger partial charge is 0.330 e. The molecule has 0 N–H and O–H groups in total. The summed E-state index contributed by atoms with van der Waals surface area (Å²) in [6.45, 7) is 5.58. The second kappa shape index (κ2) is 5.84. The summed E-state index contributed by atoms with van der Waals surface area (Å²) in [5.41, 5.74) is 0. The zero-order valence-electron chi connectivity index (χ0n) is 11.2. The van der Waals surface area contributed by atoms with E-state index >= 15 is 0 Å². The SMILES string of the molecule is C=CC(=O)OCC1(C2CCCCC2=O)OCC(C)O1. The first-order chi connectivity index (χ1) is 9.07. The van der Waals surface area contributed by atoms with Crippen LogP contribution in [0.5, 0.6) is 0 Å². The molecule has 1 aliphatic heterocycles. The van der Waals surface area contributed by atoms with Crippen molar-refractivity contribution in [3.63, 3.8) is 0 Å². The third-order valence-electron chi connectivity index (χ3n) is 3.63. The fraction of sp³-hybridized carbons (Fsp3) is 0.714. The summed E-state index contributed by atoms with van der Waals surface area (Å²) in [7, 11) is 0. The molecule has 0 aromatic carbocycles. The van der Waals surface area contributed by atoms with Crippen LogP contribution in [0.15, 0.2) is 12.7 Å². The van der Waals surface area contributed by atoms with Gasteiger partial charge >= 0.3 is 5.97 Å². The van der Waals surface area contributed by atoms with Gasteiger partial charge in [0.2, 0.25) is 5.79 Å². The number of rotatable bonds is 4. The number of Topliss-reactive ketones (excluding diaryl/α,β-unsaturated/α-hetero) is 1. The molecule has 0 spiro atoms. The fourth-order valence-electron chi connectivity index (χ4n) is 2.70. The minimum atomic E-state index is -1.10. The van der Waals surface area contributed by atoms with E-state index in [1.807, 2.05) is 6.92 Å². The Labute approximate surface area is 112 Å². The van der Waals surface area contributed by atoms with Gasteiger partial charge in [-0.15, -0.1) is 0 Å². The van der Waals surface area contributed by atoms with E-state index < -0.39 is 11.8 Å². The van der Waals surface area contributed by atoms with Crippen molar-refractivity contribution in [2.45, 2.75) is 44.5 Å². The standard InChI is InChI=1S/C14H20O5/c1-3-13(16)17-9-14(18-8-10(2)19-14)11-6-4-5-7-12(11)15/h3,10-11H,1,4-9H2,2H3. The molecule has 0 aromatic heterocycles. The molecule has 2 aliphatic rings. The molecular formula is C14H20O5. The van der Waals surface area contributed by atoms with Crippen molar-refractivity contribution in [3.05, 3.63) is 12.7 Å². The number of hydrogen-bond donors (Lipinski definition) is 0. The third kappa shape index (κ3) is 3.04. The van der Waals surface area contributed by atoms with Crippen LogP contribution in [-0.4, -0.2) is 36.9 Å². The van der Waals surface area contributed by atoms with Crippen LogP contribution in [-0.2, 0) is 23.8 Å². The lowest BCUT2D eigenvalue weighted by atomic mass is 9.82. The van der Waals surface area contributed by atoms with Crippen molar-refractivity contribution in [1.29, 1.82) is 0 Å². The highest BCUT2D eigenvalue weighted by molar-refractivity contribution is 5.83. The van der Waals surface area contributed by atoms with Crippen molar-refractivity contribution in [2.75, 3.05) is 13.2 Å². The highest BCUT2D eigenvalue weighted by Crippen LogP contribution is 2.38. The summed E-state index contributed by atoms with van der Waals surface area (Å²) in [6, 6.07) is 0. The molecule has 0 amide bonds. The number of ketones is 1. The number of hydrogen-bond acceptors (Lipinski definition) is 5. The Morgan fingerprint density at radius 3 is 2.95 bits per heavy atom. The Bertz CT molecular complexity index is 378. The quantitative estimate of drug-likeness (QED) is 0.572. The lowest BCUT2D eigenvalue weighted by Crippen LogP contribution is -2.49. The van der Waals surface area contributed by atoms with Gasteiger partial charge in [-0.1, -0.05) is 13.0 Å². The molecule has 1 heterocycles. The van der Waals surface area contributed by atoms with Crippen LogP contribution >= 0.6 is 0 Å². The highest BCUT2D eigenvalue weighted by Gasteiger charge is 2.51. The number of esters is 1. The molecule has 2 fully saturated rings. The Balaban J connectivity index is 2.12. The second-order valence-corrected chi connectivity index (χ2v) is 5.13. The maximum Gasteiger partial charge on any atom is 0.330 e. The summed E-state index contributed by atoms with van der Waals surface area (Å²) in [5.74, 6) is -1.84. The van der Waals surface area contributed by atoms with Gasteiger partial charge in [-0.2, -0.15) is 0 Å². The van der Waals surface area contributed by atoms with E-state index in [1.165, 1.54) is 0 Å². The van der Waals surface area contributed by atoms with Crippen molar-refractivity contribution >= 4 is 11.8 Å². The van der Waals surface area contributed by atoms with Gasteiger partial charge < -0.3 is 14.2 Å². The monoisotopic (exact) mass is 268 g/mol. The maximum absolute atomic E-state index is 12.1. The van der Waals surface area contributed by atoms with Crippen LogP contribution in [0.2, 0.25) is 0 Å². The molecule has 0 aromatic rings. The average molecular weight is 268 g/mol. The molecule has 1 saturated heterocycles. The minimum absolute atomic E-state index is 0.0569. The second-order valence-electron chi connectivity index (χ2n) is 5.13. The number of carbonyl (C=O) groups excluding carboxylic acids is 2. The molecular weight excluding hydrogens is 248 g/mol. The fourth-order valence-corrected chi connectivity index (χ4v) is 2.70. The summed E-state index contributed by atoms with van der Waals surface area (Å²) >= 11 is 0. The molecule has 3 atom stereocenters. The Morgan fingerprint density at radius 2 is 2.37 bits per heavy atom. The van der Waals surface area contributed by atoms with Crippen molar-refractivity contribution in [2.24, 2.45) is 5.92 Å². The number of ether oxygens (including phenoxy) is 3. The molecule has 1 aliphatic carbocycles. The topological polar surface area (TPSA) is 61.8 Å². The van der Waals surface area contributed by atoms with E-state index in [-0.39, 0.29) is 24.4 Å². The van der Waals surface area contributed by atoms with E-state index in [0.717, 1.165) is 25.3 Å². The van der Waals surface area contributed by atoms with Crippen LogP contribution in [0.4, 0.5) is 0 Å². The summed E-state index contributed by atoms with van der Waals surface area (Å²) in [5, 5.41) is 0. The van der Waals surface area contributed by atoms with Crippen LogP contribution in [0.25, 0.3) is 0 Å². The molecule has 1 saturated carbocycles. The normalized spacial score (nSPS) is 35.1. The van der Waals surface area contributed by atoms with Gasteiger partial charge in [0, 0.05) is 12.5 Å². The lowest BCUT2D eigenvalue weighted by molar-refractivity contribution is -0.231. The van der Waals surface area contributed by atoms with Gasteiger partial charge in [-0.05, 0) is 19.8 Å². The van der Waals surface area contributed by atoms with Gasteiger partial charge in [-0.3, -0.25) is 4.79 Å². The summed E-state index contributed by atoms with van der Waals surface area (Å²) in [6.07, 6.45) is 4.13. The molecule has 106 valence electrons. The van der Waals surface area contributed by atoms with Crippen molar-refractivity contribution < 1.29 is 23.8 Å². The molecule has 3 unspecified atom stereocenters. The van der Waals surface area contributed by atoms with E-state index in [9.17, 15) is 9.59 Å². The molecule has 0 radical (unpaired) electrons. The van der Waals surface area contributed by atoms with Crippen molar-refractivity contribution in [1.82, 2.24) is 0 Å². The van der Waals surface area contributed by atoms with E-state index in [4.69, 9.17) is 14.2 Å². The van der Waals surface area contributed by atoms with E-state index in [1.54, 1.807) is 0 Å². The first-order valence-electron chi connectivity index (χ1n) is 6.71.